The van der Waals surface area contributed by atoms with E-state index in [9.17, 15) is 47.9 Å². The van der Waals surface area contributed by atoms with Crippen molar-refractivity contribution in [3.8, 4) is 15.2 Å². The number of ketones is 3. The third-order valence-corrected chi connectivity index (χ3v) is 18.0. The van der Waals surface area contributed by atoms with Crippen molar-refractivity contribution in [2.75, 3.05) is 106 Å². The first-order valence-electron chi connectivity index (χ1n) is 32.6. The molecule has 44 heteroatoms. The number of carbonyl (C=O) groups excluding carboxylic acids is 9. The summed E-state index contributed by atoms with van der Waals surface area (Å²) in [5.74, 6) is -1.81. The smallest absolute Gasteiger partial charge is 1.00 e. The van der Waals surface area contributed by atoms with Gasteiger partial charge in [-0.25, -0.2) is 24.0 Å². The molecule has 0 unspecified atom stereocenters. The number of rotatable bonds is 31. The van der Waals surface area contributed by atoms with Crippen LogP contribution in [0.3, 0.4) is 0 Å². The molecule has 644 valence electrons. The Hall–Kier alpha value is -0.156. The number of halogens is 4. The number of thiocarbonyl (C=S) groups is 4. The third kappa shape index (κ3) is 102. The second-order valence-electron chi connectivity index (χ2n) is 19.4. The average molecular weight is 2050 g/mol. The van der Waals surface area contributed by atoms with Gasteiger partial charge in [-0.15, -0.1) is 0 Å². The standard InChI is InChI=1S/C10H13BrO3S.C10H16O4S.C10H14O3S.C9H11BrO3S.C8H14O3S2.C7H12O2S.C4H7ClO2.C3H5BrO2.C3H6O.C3H8O.CH3O.CS2.CH4.K.Li.2Na.2H2O.H/c1-4-5-14-10-7(11)6(2)8(15-10)9(12)13-3;1-4-5-14-10(6-8(2)11)15-7-9(12)13-3;1-4-5-13-8-6-7(2)9(14-8)10(11)12-3;1-3-4-13-9-6(10)5(2)7(14-9)8(11)12;1-3-5-10-7(9)13-8(12)11-6-4-2;1-3-4-9-7(10)5-6(2)8;1-2-3-7-4(5)6;1-6-3(5)2-4;1-3(2)4;1-2-3-4;1-2;2-1-3;;;;;;;;/h4-5H2,1-3H3;6H,4-5,7H2,1-3H3;6H,4-5H2,1-3H3;3-4H2,1-2H3,(H,11,12);3-6H2,1-2H3;3-5H2,1-2H3;2-3H2,1H3;2H2,1H3;1-2H3;4H,2-3H2,1H3;1H3;;1H4;;;;;2*1H2;/q;;;;;;;;;;-1;;;4*+1;;;-1/p-2/b;10-6-;;;;;;;;;;;;;;;;;;. The van der Waals surface area contributed by atoms with Gasteiger partial charge in [0.15, 0.2) is 31.1 Å². The molecule has 27 nitrogen and oxygen atoms in total. The van der Waals surface area contributed by atoms with E-state index < -0.39 is 11.4 Å². The number of methoxy groups -OCH3 is 4. The van der Waals surface area contributed by atoms with Crippen molar-refractivity contribution >= 4 is 237 Å². The number of hydrogen-bond acceptors (Lipinski definition) is 35. The molecule has 0 spiro atoms. The van der Waals surface area contributed by atoms with Gasteiger partial charge in [-0.1, -0.05) is 131 Å². The molecule has 0 saturated carbocycles. The number of allylic oxidation sites excluding steroid dienone is 1. The summed E-state index contributed by atoms with van der Waals surface area (Å²) in [6, 6.07) is 1.87. The first-order valence-corrected chi connectivity index (χ1v) is 41.6. The van der Waals surface area contributed by atoms with Crippen LogP contribution < -0.4 is 149 Å². The third-order valence-electron chi connectivity index (χ3n) is 9.43. The van der Waals surface area contributed by atoms with Crippen molar-refractivity contribution in [3.05, 3.63) is 57.5 Å². The van der Waals surface area contributed by atoms with Gasteiger partial charge in [0, 0.05) is 40.4 Å². The van der Waals surface area contributed by atoms with E-state index in [4.69, 9.17) is 84.5 Å². The van der Waals surface area contributed by atoms with Crippen molar-refractivity contribution in [1.82, 2.24) is 0 Å². The van der Waals surface area contributed by atoms with Crippen molar-refractivity contribution in [3.63, 3.8) is 0 Å². The Bertz CT molecular complexity index is 2990. The predicted molar refractivity (Wildman–Crippen MR) is 466 cm³/mol. The molecule has 0 amide bonds. The molecule has 3 aromatic heterocycles. The van der Waals surface area contributed by atoms with Crippen LogP contribution in [0, 0.1) is 20.8 Å². The molecule has 114 heavy (non-hydrogen) atoms. The number of aliphatic hydroxyl groups is 1. The van der Waals surface area contributed by atoms with Gasteiger partial charge in [0.1, 0.15) is 31.5 Å². The number of aliphatic hydroxyl groups excluding tert-OH is 1. The van der Waals surface area contributed by atoms with Crippen molar-refractivity contribution < 1.29 is 262 Å². The molecule has 0 aromatic carbocycles. The zero-order chi connectivity index (χ0) is 84.8. The predicted octanol–water partition coefficient (Wildman–Crippen LogP) is 7.49. The Balaban J connectivity index is -0.0000000622. The molecule has 0 saturated heterocycles. The van der Waals surface area contributed by atoms with Crippen molar-refractivity contribution in [2.45, 2.75) is 182 Å². The first-order chi connectivity index (χ1) is 50.5. The summed E-state index contributed by atoms with van der Waals surface area (Å²) in [5.41, 5.74) is 1.79. The molecule has 0 aliphatic rings. The Labute approximate surface area is 848 Å². The van der Waals surface area contributed by atoms with Gasteiger partial charge in [-0.05, 0) is 210 Å². The fraction of sp³-hybridized carbons (Fsp3) is 0.614. The number of aromatic carboxylic acids is 1. The molecule has 4 N–H and O–H groups in total. The minimum atomic E-state index is -0.903. The molecule has 0 fully saturated rings. The Morgan fingerprint density at radius 2 is 0.947 bits per heavy atom. The molecule has 3 rings (SSSR count). The van der Waals surface area contributed by atoms with Crippen LogP contribution in [0.2, 0.25) is 0 Å². The van der Waals surface area contributed by atoms with Gasteiger partial charge < -0.3 is 89.3 Å². The first kappa shape index (κ1) is 151. The maximum Gasteiger partial charge on any atom is 1.00 e. The van der Waals surface area contributed by atoms with Gasteiger partial charge in [0.25, 0.3) is 0 Å². The number of thiophene rings is 3. The number of thioether (sulfide) groups is 2. The molecular weight excluding hydrogens is 1930 g/mol. The molecule has 0 radical (unpaired) electrons. The summed E-state index contributed by atoms with van der Waals surface area (Å²) >= 11 is 37.7. The number of alkyl halides is 1. The summed E-state index contributed by atoms with van der Waals surface area (Å²) in [5, 5.41) is 27.9. The molecule has 0 aliphatic heterocycles. The van der Waals surface area contributed by atoms with Gasteiger partial charge >= 0.3 is 170 Å². The minimum Gasteiger partial charge on any atom is -1.00 e. The summed E-state index contributed by atoms with van der Waals surface area (Å²) in [6.45, 7) is 34.1. The maximum atomic E-state index is 11.4. The van der Waals surface area contributed by atoms with Gasteiger partial charge in [0.2, 0.25) is 4.38 Å². The molecule has 0 atom stereocenters. The molecule has 0 aliphatic carbocycles. The SMILES string of the molecule is C.CC(C)=O.CCCO.CCCO/C(=C/C(C)=O)SCC(=O)OC.CCCOC(=O)Cl.CCCOC(=O)SC(=S)OCCC.CCCOC(=S)CC(C)=O.CCCOc1cc(C)c(C(=O)OC)s1.CCCOc1sc(C(=O)O)c(C)c1Br.CCCOc1sc(C(=O)OC)c(C)c1Br.COC(=O)CBr.C[O-].S=C=S.[H-].[K+].[Li+].[Na+].[Na+].[OH-].[OH-]. The fourth-order valence-corrected chi connectivity index (χ4v) is 11.2. The van der Waals surface area contributed by atoms with Crippen LogP contribution in [0.1, 0.15) is 209 Å². The van der Waals surface area contributed by atoms with E-state index in [-0.39, 0.29) is 218 Å². The zero-order valence-corrected chi connectivity index (χ0v) is 89.9. The number of aryl methyl sites for hydroxylation is 1. The van der Waals surface area contributed by atoms with Crippen LogP contribution in [0.25, 0.3) is 0 Å². The summed E-state index contributed by atoms with van der Waals surface area (Å²) in [4.78, 5) is 107. The van der Waals surface area contributed by atoms with E-state index in [0.717, 1.165) is 112 Å². The second-order valence-corrected chi connectivity index (χ2v) is 28.5. The average Bonchev–Trinajstić information content (AvgIpc) is 1.70. The van der Waals surface area contributed by atoms with Gasteiger partial charge in [-0.3, -0.25) is 19.2 Å². The van der Waals surface area contributed by atoms with Crippen LogP contribution in [-0.2, 0) is 66.6 Å². The Morgan fingerprint density at radius 1 is 0.588 bits per heavy atom. The number of esters is 4. The number of ether oxygens (including phenoxy) is 12. The Morgan fingerprint density at radius 3 is 1.27 bits per heavy atom. The second kappa shape index (κ2) is 111. The van der Waals surface area contributed by atoms with Crippen molar-refractivity contribution in [2.24, 2.45) is 0 Å². The number of Topliss-reactive ketones (excluding diaryl/α,β-unsaturated/α-hetero) is 2. The molecule has 3 aromatic rings. The summed E-state index contributed by atoms with van der Waals surface area (Å²) in [6.07, 6.45) is 9.63. The number of carboxylic acid groups (broad SMARTS) is 1. The maximum absolute atomic E-state index is 11.4. The monoisotopic (exact) mass is 2040 g/mol. The van der Waals surface area contributed by atoms with Crippen LogP contribution in [0.15, 0.2) is 26.2 Å². The van der Waals surface area contributed by atoms with Crippen LogP contribution >= 0.6 is 166 Å². The van der Waals surface area contributed by atoms with E-state index in [1.807, 2.05) is 86.5 Å². The molecular formula is C70H116Br3ClKLiNa2O27S9. The molecule has 0 bridgehead atoms. The summed E-state index contributed by atoms with van der Waals surface area (Å²) in [7, 11) is 6.18. The minimum absolute atomic E-state index is 0. The van der Waals surface area contributed by atoms with Crippen molar-refractivity contribution in [1.29, 1.82) is 0 Å². The number of carboxylic acids is 1. The topological polar surface area (TPSA) is 405 Å². The van der Waals surface area contributed by atoms with Crippen LogP contribution in [0.4, 0.5) is 9.59 Å². The van der Waals surface area contributed by atoms with E-state index in [1.54, 1.807) is 6.92 Å². The van der Waals surface area contributed by atoms with Crippen LogP contribution in [-0.4, -0.2) is 199 Å². The quantitative estimate of drug-likeness (QED) is 0.00920. The fourth-order valence-electron chi connectivity index (χ4n) is 4.91. The number of hydrogen-bond donors (Lipinski definition) is 2. The van der Waals surface area contributed by atoms with Gasteiger partial charge in [0.05, 0.1) is 102 Å². The zero-order valence-electron chi connectivity index (χ0n) is 70.9. The normalized spacial score (nSPS) is 8.64. The summed E-state index contributed by atoms with van der Waals surface area (Å²) < 4.78 is 62.6. The van der Waals surface area contributed by atoms with Gasteiger partial charge in [-0.2, -0.15) is 7.11 Å². The Kier molecular flexibility index (Phi) is 147. The van der Waals surface area contributed by atoms with E-state index in [2.05, 4.69) is 95.9 Å². The largest absolute Gasteiger partial charge is 1.00 e. The van der Waals surface area contributed by atoms with E-state index >= 15 is 0 Å². The van der Waals surface area contributed by atoms with E-state index in [1.165, 1.54) is 108 Å². The number of carbonyl (C=O) groups is 10. The van der Waals surface area contributed by atoms with Crippen LogP contribution in [0.5, 0.6) is 15.2 Å². The molecule has 3 heterocycles. The van der Waals surface area contributed by atoms with E-state index in [0.29, 0.717) is 89.3 Å².